The monoisotopic (exact) mass is 782 g/mol. The summed E-state index contributed by atoms with van der Waals surface area (Å²) in [5, 5.41) is 0. The predicted octanol–water partition coefficient (Wildman–Crippen LogP) is 0.434. The fourth-order valence-electron chi connectivity index (χ4n) is 5.12. The fourth-order valence-corrected chi connectivity index (χ4v) is 25.6. The Kier molecular flexibility index (Phi) is 39.9. The Balaban J connectivity index is 4.45. The topological polar surface area (TPSA) is 83.1 Å². The second-order valence-electron chi connectivity index (χ2n) is 11.5. The van der Waals surface area contributed by atoms with Gasteiger partial charge in [0.2, 0.25) is 0 Å². The van der Waals surface area contributed by atoms with Crippen LogP contribution in [0.3, 0.4) is 0 Å². The Morgan fingerprint density at radius 2 is 0.651 bits per heavy atom. The van der Waals surface area contributed by atoms with Crippen LogP contribution in [0.1, 0.15) is 136 Å². The largest absolute Gasteiger partial charge is 0.449 e. The normalized spacial score (nSPS) is 14.3. The summed E-state index contributed by atoms with van der Waals surface area (Å²) in [4.78, 5) is 0. The Morgan fingerprint density at radius 1 is 0.372 bits per heavy atom. The van der Waals surface area contributed by atoms with Crippen LogP contribution in [0, 0.1) is 0 Å². The number of hydrogen-bond acceptors (Lipinski definition) is 9. The Bertz CT molecular complexity index is 499. The number of rotatable bonds is 38. The van der Waals surface area contributed by atoms with Gasteiger partial charge in [-0.25, -0.2) is 0 Å². The summed E-state index contributed by atoms with van der Waals surface area (Å²) in [5.41, 5.74) is 0. The smallest absolute Gasteiger partial charge is 0.286 e. The first-order chi connectivity index (χ1) is 21.2. The molecule has 0 fully saturated rings. The molecule has 0 saturated carbocycles. The molecule has 0 spiro atoms. The minimum atomic E-state index is -1.76. The van der Waals surface area contributed by atoms with E-state index in [9.17, 15) is 0 Å². The van der Waals surface area contributed by atoms with Crippen molar-refractivity contribution in [3.8, 4) is 0 Å². The van der Waals surface area contributed by atoms with Crippen LogP contribution < -0.4 is 0 Å². The Morgan fingerprint density at radius 3 is 0.977 bits per heavy atom. The molecular weight excluding hydrogens is 713 g/mol. The zero-order valence-electron chi connectivity index (χ0n) is 28.7. The first-order valence-corrected chi connectivity index (χ1v) is 30.0. The number of unbranched alkanes of at least 4 members (excludes halogenated alkanes) is 15. The van der Waals surface area contributed by atoms with Gasteiger partial charge in [0.05, 0.1) is 0 Å². The first kappa shape index (κ1) is 44.8. The summed E-state index contributed by atoms with van der Waals surface area (Å²) in [5.74, 6) is 0. The molecule has 0 aromatic rings. The Labute approximate surface area is 289 Å². The zero-order chi connectivity index (χ0) is 31.4. The van der Waals surface area contributed by atoms with Crippen molar-refractivity contribution in [2.45, 2.75) is 154 Å². The van der Waals surface area contributed by atoms with Gasteiger partial charge in [0.1, 0.15) is 10.5 Å². The molecule has 0 heterocycles. The Hall–Kier alpha value is 1.81. The highest BCUT2D eigenvalue weighted by molar-refractivity contribution is 6.77. The van der Waals surface area contributed by atoms with Gasteiger partial charge in [0.15, 0.2) is 8.32 Å². The molecule has 0 aliphatic rings. The standard InChI is InChI=1S/C24H70O9Si10/c1-4-7-10-13-16-19-22-43(23-20-17-14-11-8-5-2,24-21-18-15-12-9-6-3)33-42-32-41-31-40-30-39-29-38-28-37-27-36-26-35-25-34/h4-24,35-42H2,1-3,34H3. The summed E-state index contributed by atoms with van der Waals surface area (Å²) in [6.45, 7) is 6.91. The molecule has 0 unspecified atom stereocenters. The lowest BCUT2D eigenvalue weighted by Crippen LogP contribution is -2.40. The molecule has 19 heteroatoms. The lowest BCUT2D eigenvalue weighted by atomic mass is 10.1. The second kappa shape index (κ2) is 38.3. The summed E-state index contributed by atoms with van der Waals surface area (Å²) in [6, 6.07) is 4.02. The molecule has 0 N–H and O–H groups in total. The quantitative estimate of drug-likeness (QED) is 0.0655. The highest BCUT2D eigenvalue weighted by atomic mass is 28.4. The lowest BCUT2D eigenvalue weighted by Gasteiger charge is -2.33. The number of hydrogen-bond donors (Lipinski definition) is 0. The molecule has 0 rings (SSSR count). The molecule has 0 bridgehead atoms. The highest BCUT2D eigenvalue weighted by Crippen LogP contribution is 2.31. The van der Waals surface area contributed by atoms with E-state index in [0.29, 0.717) is 0 Å². The molecule has 0 aliphatic heterocycles. The fraction of sp³-hybridized carbons (Fsp3) is 1.00. The maximum atomic E-state index is 6.97. The van der Waals surface area contributed by atoms with Gasteiger partial charge >= 0.3 is 0 Å². The van der Waals surface area contributed by atoms with Crippen LogP contribution in [-0.4, -0.2) is 98.9 Å². The van der Waals surface area contributed by atoms with Gasteiger partial charge in [-0.2, -0.15) is 0 Å². The van der Waals surface area contributed by atoms with Crippen LogP contribution in [0.2, 0.25) is 18.1 Å². The van der Waals surface area contributed by atoms with E-state index in [1.54, 1.807) is 0 Å². The highest BCUT2D eigenvalue weighted by Gasteiger charge is 2.33. The van der Waals surface area contributed by atoms with Crippen molar-refractivity contribution in [1.29, 1.82) is 0 Å². The lowest BCUT2D eigenvalue weighted by molar-refractivity contribution is 0.362. The molecule has 0 aromatic heterocycles. The molecule has 0 aliphatic carbocycles. The predicted molar refractivity (Wildman–Crippen MR) is 208 cm³/mol. The third kappa shape index (κ3) is 33.5. The molecule has 0 amide bonds. The minimum Gasteiger partial charge on any atom is -0.449 e. The van der Waals surface area contributed by atoms with Gasteiger partial charge in [-0.15, -0.1) is 0 Å². The summed E-state index contributed by atoms with van der Waals surface area (Å²) in [6.07, 6.45) is 24.6. The van der Waals surface area contributed by atoms with Crippen molar-refractivity contribution in [2.24, 2.45) is 0 Å². The van der Waals surface area contributed by atoms with Crippen molar-refractivity contribution in [3.05, 3.63) is 0 Å². The average Bonchev–Trinajstić information content (AvgIpc) is 3.02. The van der Waals surface area contributed by atoms with Crippen LogP contribution in [0.5, 0.6) is 0 Å². The van der Waals surface area contributed by atoms with E-state index in [1.807, 2.05) is 0 Å². The third-order valence-electron chi connectivity index (χ3n) is 7.61. The molecule has 9 nitrogen and oxygen atoms in total. The van der Waals surface area contributed by atoms with E-state index in [2.05, 4.69) is 20.8 Å². The third-order valence-corrected chi connectivity index (χ3v) is 24.6. The van der Waals surface area contributed by atoms with Crippen LogP contribution >= 0.6 is 0 Å². The molecule has 260 valence electrons. The average molecular weight is 784 g/mol. The summed E-state index contributed by atoms with van der Waals surface area (Å²) in [7, 11) is -8.52. The van der Waals surface area contributed by atoms with E-state index in [4.69, 9.17) is 37.0 Å². The van der Waals surface area contributed by atoms with Crippen molar-refractivity contribution in [3.63, 3.8) is 0 Å². The van der Waals surface area contributed by atoms with Crippen molar-refractivity contribution in [2.75, 3.05) is 0 Å². The SMILES string of the molecule is CCCCCCCC[Si](CCCCCCCC)(CCCCCCCC)O[SiH2]O[SiH2]O[SiH2]O[SiH2]O[SiH2]O[SiH2]O[SiH2]O[SiH2]O[SiH3]. The van der Waals surface area contributed by atoms with E-state index in [0.717, 1.165) is 10.5 Å². The molecule has 0 radical (unpaired) electrons. The van der Waals surface area contributed by atoms with E-state index < -0.39 is 88.4 Å². The molecule has 0 atom stereocenters. The van der Waals surface area contributed by atoms with Crippen LogP contribution in [0.25, 0.3) is 0 Å². The van der Waals surface area contributed by atoms with Crippen LogP contribution in [0.4, 0.5) is 0 Å². The summed E-state index contributed by atoms with van der Waals surface area (Å²) < 4.78 is 51.7. The van der Waals surface area contributed by atoms with Crippen LogP contribution in [-0.2, 0) is 37.0 Å². The van der Waals surface area contributed by atoms with Gasteiger partial charge in [0.25, 0.3) is 80.1 Å². The van der Waals surface area contributed by atoms with Gasteiger partial charge in [-0.1, -0.05) is 136 Å². The molecule has 0 saturated heterocycles. The van der Waals surface area contributed by atoms with Crippen LogP contribution in [0.15, 0.2) is 0 Å². The van der Waals surface area contributed by atoms with E-state index in [-0.39, 0.29) is 0 Å². The van der Waals surface area contributed by atoms with E-state index in [1.165, 1.54) is 134 Å². The molecule has 43 heavy (non-hydrogen) atoms. The molecular formula is C24H70O9Si10. The van der Waals surface area contributed by atoms with Crippen molar-refractivity contribution < 1.29 is 37.0 Å². The zero-order valence-corrected chi connectivity index (χ0v) is 43.0. The van der Waals surface area contributed by atoms with E-state index >= 15 is 0 Å². The minimum absolute atomic E-state index is 0.754. The van der Waals surface area contributed by atoms with Crippen molar-refractivity contribution >= 4 is 98.9 Å². The second-order valence-corrected chi connectivity index (χ2v) is 32.2. The summed E-state index contributed by atoms with van der Waals surface area (Å²) >= 11 is 0. The molecule has 0 aromatic carbocycles. The van der Waals surface area contributed by atoms with Gasteiger partial charge < -0.3 is 37.0 Å². The van der Waals surface area contributed by atoms with Gasteiger partial charge in [0, 0.05) is 0 Å². The maximum absolute atomic E-state index is 6.97. The first-order valence-electron chi connectivity index (χ1n) is 17.4. The van der Waals surface area contributed by atoms with Gasteiger partial charge in [-0.3, -0.25) is 0 Å². The van der Waals surface area contributed by atoms with Crippen molar-refractivity contribution in [1.82, 2.24) is 0 Å². The maximum Gasteiger partial charge on any atom is 0.286 e. The van der Waals surface area contributed by atoms with Gasteiger partial charge in [-0.05, 0) is 18.1 Å².